The summed E-state index contributed by atoms with van der Waals surface area (Å²) in [6, 6.07) is 14.6. The smallest absolute Gasteiger partial charge is 0.272 e. The zero-order chi connectivity index (χ0) is 22.0. The molecule has 1 aromatic heterocycles. The molecule has 1 aliphatic rings. The molecule has 162 valence electrons. The molecule has 2 aromatic carbocycles. The van der Waals surface area contributed by atoms with Crippen molar-refractivity contribution in [2.24, 2.45) is 5.92 Å². The zero-order valence-corrected chi connectivity index (χ0v) is 18.7. The maximum absolute atomic E-state index is 12.9. The van der Waals surface area contributed by atoms with Crippen LogP contribution in [-0.4, -0.2) is 33.4 Å². The second-order valence-electron chi connectivity index (χ2n) is 8.84. The Labute approximate surface area is 183 Å². The van der Waals surface area contributed by atoms with Crippen LogP contribution >= 0.6 is 0 Å². The van der Waals surface area contributed by atoms with Crippen LogP contribution in [0.25, 0.3) is 11.0 Å². The quantitative estimate of drug-likeness (QED) is 0.625. The third-order valence-electron chi connectivity index (χ3n) is 6.61. The molecule has 0 radical (unpaired) electrons. The third kappa shape index (κ3) is 4.71. The van der Waals surface area contributed by atoms with E-state index in [-0.39, 0.29) is 11.5 Å². The maximum atomic E-state index is 12.9. The van der Waals surface area contributed by atoms with Crippen molar-refractivity contribution in [3.8, 4) is 0 Å². The maximum Gasteiger partial charge on any atom is 0.272 e. The van der Waals surface area contributed by atoms with E-state index < -0.39 is 0 Å². The summed E-state index contributed by atoms with van der Waals surface area (Å²) < 4.78 is 1.73. The average Bonchev–Trinajstić information content (AvgIpc) is 2.77. The predicted octanol–water partition coefficient (Wildman–Crippen LogP) is 4.19. The zero-order valence-electron chi connectivity index (χ0n) is 18.7. The molecule has 5 nitrogen and oxygen atoms in total. The lowest BCUT2D eigenvalue weighted by atomic mass is 9.90. The van der Waals surface area contributed by atoms with Crippen LogP contribution in [0.2, 0.25) is 0 Å². The van der Waals surface area contributed by atoms with Crippen molar-refractivity contribution in [1.82, 2.24) is 14.5 Å². The molecule has 1 saturated heterocycles. The summed E-state index contributed by atoms with van der Waals surface area (Å²) in [5.41, 5.74) is 5.65. The number of aryl methyl sites for hydroxylation is 4. The normalized spacial score (nSPS) is 14.9. The number of amides is 1. The number of aromatic nitrogens is 2. The Morgan fingerprint density at radius 1 is 1.03 bits per heavy atom. The number of fused-ring (bicyclic) bond motifs is 1. The summed E-state index contributed by atoms with van der Waals surface area (Å²) in [6.45, 7) is 7.83. The van der Waals surface area contributed by atoms with Crippen LogP contribution in [-0.2, 0) is 17.8 Å². The lowest BCUT2D eigenvalue weighted by Gasteiger charge is -2.32. The van der Waals surface area contributed by atoms with Gasteiger partial charge in [-0.1, -0.05) is 30.3 Å². The number of piperidine rings is 1. The van der Waals surface area contributed by atoms with E-state index >= 15 is 0 Å². The van der Waals surface area contributed by atoms with E-state index in [1.807, 2.05) is 36.9 Å². The fourth-order valence-electron chi connectivity index (χ4n) is 4.55. The minimum Gasteiger partial charge on any atom is -0.343 e. The van der Waals surface area contributed by atoms with Crippen LogP contribution in [0.5, 0.6) is 0 Å². The molecule has 0 saturated carbocycles. The molecule has 0 aliphatic carbocycles. The van der Waals surface area contributed by atoms with Crippen LogP contribution in [0, 0.1) is 26.7 Å². The molecule has 5 heteroatoms. The highest BCUT2D eigenvalue weighted by Gasteiger charge is 2.23. The van der Waals surface area contributed by atoms with Gasteiger partial charge in [0.2, 0.25) is 5.91 Å². The molecular weight excluding hydrogens is 386 g/mol. The summed E-state index contributed by atoms with van der Waals surface area (Å²) >= 11 is 0. The third-order valence-corrected chi connectivity index (χ3v) is 6.61. The summed E-state index contributed by atoms with van der Waals surface area (Å²) in [7, 11) is 0. The van der Waals surface area contributed by atoms with Crippen molar-refractivity contribution >= 4 is 16.9 Å². The van der Waals surface area contributed by atoms with Crippen molar-refractivity contribution in [2.45, 2.75) is 53.0 Å². The molecule has 2 heterocycles. The molecule has 0 bridgehead atoms. The highest BCUT2D eigenvalue weighted by Crippen LogP contribution is 2.22. The fraction of sp³-hybridized carbons (Fsp3) is 0.423. The molecule has 1 amide bonds. The Balaban J connectivity index is 1.40. The van der Waals surface area contributed by atoms with Crippen LogP contribution < -0.4 is 5.56 Å². The van der Waals surface area contributed by atoms with Gasteiger partial charge < -0.3 is 9.47 Å². The number of benzene rings is 2. The van der Waals surface area contributed by atoms with Gasteiger partial charge in [-0.3, -0.25) is 9.59 Å². The number of nitrogens with zero attached hydrogens (tertiary/aromatic N) is 3. The molecule has 0 N–H and O–H groups in total. The SMILES string of the molecule is Cc1cc2nc(C)c(=O)n(CCC(=O)N3CCC(Cc4ccccc4)CC3)c2cc1C. The number of rotatable bonds is 5. The van der Waals surface area contributed by atoms with E-state index in [0.717, 1.165) is 54.5 Å². The number of hydrogen-bond donors (Lipinski definition) is 0. The van der Waals surface area contributed by atoms with Gasteiger partial charge in [0.15, 0.2) is 0 Å². The summed E-state index contributed by atoms with van der Waals surface area (Å²) in [6.07, 6.45) is 3.50. The first kappa shape index (κ1) is 21.3. The van der Waals surface area contributed by atoms with Gasteiger partial charge in [0.05, 0.1) is 11.0 Å². The van der Waals surface area contributed by atoms with Gasteiger partial charge in [-0.2, -0.15) is 0 Å². The molecular formula is C26H31N3O2. The monoisotopic (exact) mass is 417 g/mol. The summed E-state index contributed by atoms with van der Waals surface area (Å²) in [5, 5.41) is 0. The number of likely N-dealkylation sites (tertiary alicyclic amines) is 1. The number of hydrogen-bond acceptors (Lipinski definition) is 3. The Kier molecular flexibility index (Phi) is 6.21. The Morgan fingerprint density at radius 2 is 1.71 bits per heavy atom. The summed E-state index contributed by atoms with van der Waals surface area (Å²) in [4.78, 5) is 32.1. The van der Waals surface area contributed by atoms with Crippen molar-refractivity contribution in [3.63, 3.8) is 0 Å². The molecule has 1 aliphatic heterocycles. The lowest BCUT2D eigenvalue weighted by Crippen LogP contribution is -2.39. The van der Waals surface area contributed by atoms with E-state index in [2.05, 4.69) is 29.2 Å². The second kappa shape index (κ2) is 9.04. The van der Waals surface area contributed by atoms with E-state index in [9.17, 15) is 9.59 Å². The first-order valence-corrected chi connectivity index (χ1v) is 11.2. The topological polar surface area (TPSA) is 55.2 Å². The van der Waals surface area contributed by atoms with Crippen molar-refractivity contribution < 1.29 is 4.79 Å². The minimum absolute atomic E-state index is 0.106. The molecule has 31 heavy (non-hydrogen) atoms. The van der Waals surface area contributed by atoms with E-state index in [4.69, 9.17) is 0 Å². The number of carbonyl (C=O) groups is 1. The van der Waals surface area contributed by atoms with Gasteiger partial charge in [0.25, 0.3) is 5.56 Å². The molecule has 0 atom stereocenters. The summed E-state index contributed by atoms with van der Waals surface area (Å²) in [5.74, 6) is 0.767. The highest BCUT2D eigenvalue weighted by molar-refractivity contribution is 5.78. The minimum atomic E-state index is -0.106. The Bertz CT molecular complexity index is 1140. The second-order valence-corrected chi connectivity index (χ2v) is 8.84. The Morgan fingerprint density at radius 3 is 2.42 bits per heavy atom. The van der Waals surface area contributed by atoms with Crippen LogP contribution in [0.4, 0.5) is 0 Å². The molecule has 1 fully saturated rings. The molecule has 3 aromatic rings. The standard InChI is InChI=1S/C26H31N3O2/c1-18-15-23-24(16-19(18)2)29(26(31)20(3)27-23)14-11-25(30)28-12-9-22(10-13-28)17-21-7-5-4-6-8-21/h4-8,15-16,22H,9-14,17H2,1-3H3. The van der Waals surface area contributed by atoms with Gasteiger partial charge in [-0.05, 0) is 74.8 Å². The largest absolute Gasteiger partial charge is 0.343 e. The van der Waals surface area contributed by atoms with Crippen molar-refractivity contribution in [2.75, 3.05) is 13.1 Å². The first-order chi connectivity index (χ1) is 14.9. The van der Waals surface area contributed by atoms with E-state index in [1.54, 1.807) is 11.5 Å². The first-order valence-electron chi connectivity index (χ1n) is 11.2. The molecule has 0 spiro atoms. The van der Waals surface area contributed by atoms with E-state index in [0.29, 0.717) is 24.6 Å². The van der Waals surface area contributed by atoms with Gasteiger partial charge in [0.1, 0.15) is 5.69 Å². The Hall–Kier alpha value is -2.95. The van der Waals surface area contributed by atoms with Crippen LogP contribution in [0.1, 0.15) is 41.6 Å². The van der Waals surface area contributed by atoms with Gasteiger partial charge >= 0.3 is 0 Å². The molecule has 0 unspecified atom stereocenters. The van der Waals surface area contributed by atoms with Gasteiger partial charge in [0, 0.05) is 26.1 Å². The molecule has 4 rings (SSSR count). The van der Waals surface area contributed by atoms with E-state index in [1.165, 1.54) is 5.56 Å². The fourth-order valence-corrected chi connectivity index (χ4v) is 4.55. The van der Waals surface area contributed by atoms with Crippen LogP contribution in [0.3, 0.4) is 0 Å². The van der Waals surface area contributed by atoms with Crippen LogP contribution in [0.15, 0.2) is 47.3 Å². The lowest BCUT2D eigenvalue weighted by molar-refractivity contribution is -0.132. The average molecular weight is 418 g/mol. The van der Waals surface area contributed by atoms with Crippen molar-refractivity contribution in [3.05, 3.63) is 75.2 Å². The van der Waals surface area contributed by atoms with Crippen molar-refractivity contribution in [1.29, 1.82) is 0 Å². The number of carbonyl (C=O) groups excluding carboxylic acids is 1. The predicted molar refractivity (Wildman–Crippen MR) is 124 cm³/mol. The highest BCUT2D eigenvalue weighted by atomic mass is 16.2. The van der Waals surface area contributed by atoms with Gasteiger partial charge in [-0.25, -0.2) is 4.98 Å². The van der Waals surface area contributed by atoms with Gasteiger partial charge in [-0.15, -0.1) is 0 Å².